The molecule has 0 bridgehead atoms. The molecule has 140 valence electrons. The van der Waals surface area contributed by atoms with Gasteiger partial charge in [-0.1, -0.05) is 26.7 Å². The van der Waals surface area contributed by atoms with E-state index in [4.69, 9.17) is 4.98 Å². The first-order chi connectivity index (χ1) is 12.5. The van der Waals surface area contributed by atoms with Crippen LogP contribution in [0.25, 0.3) is 5.65 Å². The second-order valence-corrected chi connectivity index (χ2v) is 8.23. The van der Waals surface area contributed by atoms with Crippen LogP contribution in [0.4, 0.5) is 5.82 Å². The van der Waals surface area contributed by atoms with Crippen molar-refractivity contribution in [2.45, 2.75) is 57.9 Å². The average molecular weight is 355 g/mol. The highest BCUT2D eigenvalue weighted by Crippen LogP contribution is 2.30. The van der Waals surface area contributed by atoms with Crippen molar-refractivity contribution in [3.05, 3.63) is 24.0 Å². The van der Waals surface area contributed by atoms with Gasteiger partial charge in [-0.25, -0.2) is 4.98 Å². The Kier molecular flexibility index (Phi) is 4.59. The minimum Gasteiger partial charge on any atom is -0.359 e. The lowest BCUT2D eigenvalue weighted by Gasteiger charge is -2.26. The highest BCUT2D eigenvalue weighted by Gasteiger charge is 2.36. The Hall–Kier alpha value is -2.11. The Labute approximate surface area is 155 Å². The number of hydrogen-bond donors (Lipinski definition) is 0. The third-order valence-electron chi connectivity index (χ3n) is 5.88. The molecule has 1 aliphatic carbocycles. The van der Waals surface area contributed by atoms with Crippen molar-refractivity contribution in [1.82, 2.24) is 19.5 Å². The van der Waals surface area contributed by atoms with E-state index in [2.05, 4.69) is 41.9 Å². The molecule has 1 saturated heterocycles. The molecule has 0 N–H and O–H groups in total. The van der Waals surface area contributed by atoms with Gasteiger partial charge in [-0.2, -0.15) is 9.61 Å². The number of likely N-dealkylation sites (tertiary alicyclic amines) is 1. The average Bonchev–Trinajstić information content (AvgIpc) is 3.33. The second kappa shape index (κ2) is 6.89. The zero-order valence-corrected chi connectivity index (χ0v) is 16.1. The van der Waals surface area contributed by atoms with Crippen molar-refractivity contribution < 1.29 is 4.79 Å². The smallest absolute Gasteiger partial charge is 0.223 e. The standard InChI is InChI=1S/C20H29N5O/c1-14(2)17-11-19(25-18(22-17)8-9-21-25)23(3)12-15-10-20(26)24(13-15)16-6-4-5-7-16/h8-9,11,14-16H,4-7,10,12-13H2,1-3H3/t15-/m1/s1. The number of nitrogens with zero attached hydrogens (tertiary/aromatic N) is 5. The van der Waals surface area contributed by atoms with Crippen LogP contribution in [0, 0.1) is 5.92 Å². The lowest BCUT2D eigenvalue weighted by molar-refractivity contribution is -0.129. The molecule has 0 spiro atoms. The Balaban J connectivity index is 1.51. The summed E-state index contributed by atoms with van der Waals surface area (Å²) in [5, 5.41) is 4.44. The van der Waals surface area contributed by atoms with E-state index < -0.39 is 0 Å². The predicted molar refractivity (Wildman–Crippen MR) is 102 cm³/mol. The van der Waals surface area contributed by atoms with Gasteiger partial charge in [0.05, 0.1) is 6.20 Å². The number of aromatic nitrogens is 3. The number of carbonyl (C=O) groups excluding carboxylic acids is 1. The van der Waals surface area contributed by atoms with Gasteiger partial charge in [-0.3, -0.25) is 4.79 Å². The van der Waals surface area contributed by atoms with Crippen LogP contribution in [0.3, 0.4) is 0 Å². The van der Waals surface area contributed by atoms with Crippen LogP contribution in [0.1, 0.15) is 57.6 Å². The molecular formula is C20H29N5O. The van der Waals surface area contributed by atoms with Crippen LogP contribution in [0.2, 0.25) is 0 Å². The van der Waals surface area contributed by atoms with E-state index in [1.807, 2.05) is 10.6 Å². The highest BCUT2D eigenvalue weighted by atomic mass is 16.2. The second-order valence-electron chi connectivity index (χ2n) is 8.23. The SMILES string of the molecule is CC(C)c1cc(N(C)C[C@H]2CC(=O)N(C3CCCC3)C2)n2nccc2n1. The summed E-state index contributed by atoms with van der Waals surface area (Å²) in [6.07, 6.45) is 7.38. The van der Waals surface area contributed by atoms with E-state index in [1.54, 1.807) is 6.20 Å². The first-order valence-electron chi connectivity index (χ1n) is 9.88. The van der Waals surface area contributed by atoms with Gasteiger partial charge in [0.25, 0.3) is 0 Å². The van der Waals surface area contributed by atoms with Crippen molar-refractivity contribution in [3.63, 3.8) is 0 Å². The molecule has 26 heavy (non-hydrogen) atoms. The topological polar surface area (TPSA) is 53.7 Å². The van der Waals surface area contributed by atoms with E-state index in [0.29, 0.717) is 30.2 Å². The number of carbonyl (C=O) groups is 1. The molecule has 2 aromatic heterocycles. The highest BCUT2D eigenvalue weighted by molar-refractivity contribution is 5.79. The fraction of sp³-hybridized carbons (Fsp3) is 0.650. The molecule has 1 aliphatic heterocycles. The predicted octanol–water partition coefficient (Wildman–Crippen LogP) is 3.08. The summed E-state index contributed by atoms with van der Waals surface area (Å²) in [5.41, 5.74) is 1.96. The molecule has 0 aromatic carbocycles. The van der Waals surface area contributed by atoms with Gasteiger partial charge in [-0.05, 0) is 18.8 Å². The van der Waals surface area contributed by atoms with Crippen LogP contribution in [-0.2, 0) is 4.79 Å². The van der Waals surface area contributed by atoms with Gasteiger partial charge in [0, 0.05) is 56.3 Å². The minimum atomic E-state index is 0.345. The number of anilines is 1. The summed E-state index contributed by atoms with van der Waals surface area (Å²) in [6, 6.07) is 4.57. The largest absolute Gasteiger partial charge is 0.359 e. The molecular weight excluding hydrogens is 326 g/mol. The minimum absolute atomic E-state index is 0.345. The monoisotopic (exact) mass is 355 g/mol. The summed E-state index contributed by atoms with van der Waals surface area (Å²) in [7, 11) is 2.10. The maximum Gasteiger partial charge on any atom is 0.223 e. The van der Waals surface area contributed by atoms with E-state index in [9.17, 15) is 4.79 Å². The molecule has 2 aromatic rings. The van der Waals surface area contributed by atoms with Gasteiger partial charge in [0.15, 0.2) is 5.65 Å². The zero-order chi connectivity index (χ0) is 18.3. The summed E-state index contributed by atoms with van der Waals surface area (Å²) < 4.78 is 1.90. The quantitative estimate of drug-likeness (QED) is 0.827. The zero-order valence-electron chi connectivity index (χ0n) is 16.1. The van der Waals surface area contributed by atoms with Crippen molar-refractivity contribution >= 4 is 17.4 Å². The summed E-state index contributed by atoms with van der Waals surface area (Å²) in [4.78, 5) is 21.6. The van der Waals surface area contributed by atoms with Crippen LogP contribution >= 0.6 is 0 Å². The van der Waals surface area contributed by atoms with Crippen molar-refractivity contribution in [1.29, 1.82) is 0 Å². The Morgan fingerprint density at radius 1 is 1.31 bits per heavy atom. The van der Waals surface area contributed by atoms with Crippen LogP contribution < -0.4 is 4.90 Å². The molecule has 6 nitrogen and oxygen atoms in total. The molecule has 1 saturated carbocycles. The summed E-state index contributed by atoms with van der Waals surface area (Å²) in [6.45, 7) is 6.09. The molecule has 1 atom stereocenters. The molecule has 1 amide bonds. The Morgan fingerprint density at radius 3 is 2.81 bits per heavy atom. The van der Waals surface area contributed by atoms with Crippen LogP contribution in [0.5, 0.6) is 0 Å². The van der Waals surface area contributed by atoms with Crippen molar-refractivity contribution in [2.24, 2.45) is 5.92 Å². The number of amides is 1. The molecule has 4 rings (SSSR count). The van der Waals surface area contributed by atoms with Gasteiger partial charge in [0.2, 0.25) is 5.91 Å². The third kappa shape index (κ3) is 3.17. The van der Waals surface area contributed by atoms with Crippen molar-refractivity contribution in [3.8, 4) is 0 Å². The van der Waals surface area contributed by atoms with Crippen molar-refractivity contribution in [2.75, 3.05) is 25.0 Å². The van der Waals surface area contributed by atoms with E-state index >= 15 is 0 Å². The lowest BCUT2D eigenvalue weighted by atomic mass is 10.1. The normalized spacial score (nSPS) is 21.5. The van der Waals surface area contributed by atoms with Crippen LogP contribution in [0.15, 0.2) is 18.3 Å². The van der Waals surface area contributed by atoms with E-state index in [0.717, 1.165) is 30.2 Å². The van der Waals surface area contributed by atoms with Gasteiger partial charge >= 0.3 is 0 Å². The molecule has 0 unspecified atom stereocenters. The molecule has 3 heterocycles. The molecule has 2 fully saturated rings. The fourth-order valence-corrected chi connectivity index (χ4v) is 4.46. The maximum atomic E-state index is 12.5. The molecule has 6 heteroatoms. The van der Waals surface area contributed by atoms with E-state index in [-0.39, 0.29) is 0 Å². The summed E-state index contributed by atoms with van der Waals surface area (Å²) >= 11 is 0. The maximum absolute atomic E-state index is 12.5. The van der Waals surface area contributed by atoms with Gasteiger partial charge in [-0.15, -0.1) is 0 Å². The van der Waals surface area contributed by atoms with Crippen LogP contribution in [-0.4, -0.2) is 51.6 Å². The van der Waals surface area contributed by atoms with E-state index in [1.165, 1.54) is 25.7 Å². The first-order valence-corrected chi connectivity index (χ1v) is 9.88. The molecule has 0 radical (unpaired) electrons. The summed E-state index contributed by atoms with van der Waals surface area (Å²) in [5.74, 6) is 2.15. The lowest BCUT2D eigenvalue weighted by Crippen LogP contribution is -2.35. The fourth-order valence-electron chi connectivity index (χ4n) is 4.46. The number of fused-ring (bicyclic) bond motifs is 1. The third-order valence-corrected chi connectivity index (χ3v) is 5.88. The molecule has 2 aliphatic rings. The van der Waals surface area contributed by atoms with Gasteiger partial charge in [0.1, 0.15) is 5.82 Å². The first kappa shape index (κ1) is 17.3. The number of rotatable bonds is 5. The Bertz CT molecular complexity index is 793. The Morgan fingerprint density at radius 2 is 2.08 bits per heavy atom. The van der Waals surface area contributed by atoms with Gasteiger partial charge < -0.3 is 9.80 Å². The number of hydrogen-bond acceptors (Lipinski definition) is 4.